The molecule has 0 aliphatic carbocycles. The van der Waals surface area contributed by atoms with Gasteiger partial charge in [0.1, 0.15) is 10.8 Å². The highest BCUT2D eigenvalue weighted by atomic mass is 32.1. The fourth-order valence-corrected chi connectivity index (χ4v) is 2.94. The summed E-state index contributed by atoms with van der Waals surface area (Å²) in [5.41, 5.74) is 10.2. The average molecular weight is 262 g/mol. The van der Waals surface area contributed by atoms with E-state index in [0.29, 0.717) is 0 Å². The molecule has 0 fully saturated rings. The molecule has 2 N–H and O–H groups in total. The van der Waals surface area contributed by atoms with E-state index in [-0.39, 0.29) is 6.04 Å². The van der Waals surface area contributed by atoms with Crippen molar-refractivity contribution in [3.05, 3.63) is 34.3 Å². The van der Waals surface area contributed by atoms with Crippen molar-refractivity contribution in [2.24, 2.45) is 5.73 Å². The van der Waals surface area contributed by atoms with Gasteiger partial charge in [-0.05, 0) is 44.0 Å². The van der Waals surface area contributed by atoms with Crippen LogP contribution in [-0.4, -0.2) is 12.1 Å². The Hall–Kier alpha value is -1.39. The van der Waals surface area contributed by atoms with Gasteiger partial charge in [0.2, 0.25) is 0 Å². The topological polar surface area (TPSA) is 48.1 Å². The minimum Gasteiger partial charge on any atom is -0.496 e. The minimum atomic E-state index is -0.0181. The molecule has 4 heteroatoms. The van der Waals surface area contributed by atoms with Crippen molar-refractivity contribution in [1.82, 2.24) is 4.98 Å². The van der Waals surface area contributed by atoms with Crippen molar-refractivity contribution < 1.29 is 4.74 Å². The second-order valence-electron chi connectivity index (χ2n) is 4.51. The van der Waals surface area contributed by atoms with Gasteiger partial charge in [-0.25, -0.2) is 4.98 Å². The Balaban J connectivity index is 2.44. The van der Waals surface area contributed by atoms with E-state index < -0.39 is 0 Å². The molecule has 2 rings (SSSR count). The summed E-state index contributed by atoms with van der Waals surface area (Å²) in [5, 5.41) is 3.03. The molecule has 1 aromatic carbocycles. The van der Waals surface area contributed by atoms with Crippen LogP contribution in [0.25, 0.3) is 10.6 Å². The first-order chi connectivity index (χ1) is 8.52. The second kappa shape index (κ2) is 5.08. The van der Waals surface area contributed by atoms with Crippen LogP contribution >= 0.6 is 11.3 Å². The van der Waals surface area contributed by atoms with E-state index in [1.54, 1.807) is 18.4 Å². The highest BCUT2D eigenvalue weighted by Gasteiger charge is 2.11. The lowest BCUT2D eigenvalue weighted by Gasteiger charge is -2.10. The van der Waals surface area contributed by atoms with E-state index in [4.69, 9.17) is 10.5 Å². The van der Waals surface area contributed by atoms with Gasteiger partial charge in [-0.3, -0.25) is 0 Å². The predicted octanol–water partition coefficient (Wildman–Crippen LogP) is 3.46. The summed E-state index contributed by atoms with van der Waals surface area (Å²) in [6.45, 7) is 6.05. The Kier molecular flexibility index (Phi) is 3.68. The number of nitrogens with two attached hydrogens (primary N) is 1. The maximum Gasteiger partial charge on any atom is 0.124 e. The summed E-state index contributed by atoms with van der Waals surface area (Å²) in [5.74, 6) is 0.947. The molecular formula is C14H18N2OS. The van der Waals surface area contributed by atoms with Crippen LogP contribution in [0.2, 0.25) is 0 Å². The third-order valence-electron chi connectivity index (χ3n) is 2.90. The van der Waals surface area contributed by atoms with Crippen LogP contribution in [-0.2, 0) is 0 Å². The molecule has 1 heterocycles. The quantitative estimate of drug-likeness (QED) is 0.921. The molecule has 0 saturated heterocycles. The first-order valence-corrected chi connectivity index (χ1v) is 6.77. The van der Waals surface area contributed by atoms with Crippen LogP contribution < -0.4 is 10.5 Å². The maximum absolute atomic E-state index is 5.83. The third kappa shape index (κ3) is 2.40. The van der Waals surface area contributed by atoms with Gasteiger partial charge in [0, 0.05) is 17.0 Å². The molecule has 0 amide bonds. The van der Waals surface area contributed by atoms with Crippen LogP contribution in [0, 0.1) is 13.8 Å². The number of methoxy groups -OCH3 is 1. The van der Waals surface area contributed by atoms with Crippen molar-refractivity contribution in [3.8, 4) is 16.3 Å². The van der Waals surface area contributed by atoms with E-state index in [2.05, 4.69) is 31.0 Å². The van der Waals surface area contributed by atoms with Crippen LogP contribution in [0.15, 0.2) is 17.5 Å². The Morgan fingerprint density at radius 3 is 2.33 bits per heavy atom. The lowest BCUT2D eigenvalue weighted by molar-refractivity contribution is 0.408. The largest absolute Gasteiger partial charge is 0.496 e. The standard InChI is InChI=1S/C14H18N2OS/c1-8-5-11(6-9(2)13(8)17-4)14-16-12(7-18-14)10(3)15/h5-7,10H,15H2,1-4H3. The molecule has 0 bridgehead atoms. The van der Waals surface area contributed by atoms with Gasteiger partial charge in [-0.1, -0.05) is 0 Å². The molecule has 3 nitrogen and oxygen atoms in total. The summed E-state index contributed by atoms with van der Waals surface area (Å²) in [7, 11) is 1.70. The molecule has 0 aliphatic rings. The predicted molar refractivity (Wildman–Crippen MR) is 76.2 cm³/mol. The van der Waals surface area contributed by atoms with Gasteiger partial charge in [0.05, 0.1) is 12.8 Å². The van der Waals surface area contributed by atoms with Gasteiger partial charge < -0.3 is 10.5 Å². The number of hydrogen-bond acceptors (Lipinski definition) is 4. The number of hydrogen-bond donors (Lipinski definition) is 1. The first-order valence-electron chi connectivity index (χ1n) is 5.89. The summed E-state index contributed by atoms with van der Waals surface area (Å²) in [6.07, 6.45) is 0. The van der Waals surface area contributed by atoms with E-state index in [0.717, 1.165) is 33.1 Å². The van der Waals surface area contributed by atoms with Crippen LogP contribution in [0.1, 0.15) is 29.8 Å². The molecule has 0 saturated carbocycles. The minimum absolute atomic E-state index is 0.0181. The lowest BCUT2D eigenvalue weighted by Crippen LogP contribution is -2.04. The molecule has 18 heavy (non-hydrogen) atoms. The lowest BCUT2D eigenvalue weighted by atomic mass is 10.1. The average Bonchev–Trinajstić information content (AvgIpc) is 2.77. The molecule has 2 aromatic rings. The second-order valence-corrected chi connectivity index (χ2v) is 5.37. The number of thiazole rings is 1. The Morgan fingerprint density at radius 2 is 1.89 bits per heavy atom. The monoisotopic (exact) mass is 262 g/mol. The van der Waals surface area contributed by atoms with E-state index in [9.17, 15) is 0 Å². The van der Waals surface area contributed by atoms with Crippen molar-refractivity contribution >= 4 is 11.3 Å². The molecule has 96 valence electrons. The van der Waals surface area contributed by atoms with E-state index in [1.807, 2.05) is 12.3 Å². The summed E-state index contributed by atoms with van der Waals surface area (Å²) in [4.78, 5) is 4.57. The van der Waals surface area contributed by atoms with Gasteiger partial charge >= 0.3 is 0 Å². The SMILES string of the molecule is COc1c(C)cc(-c2nc(C(C)N)cs2)cc1C. The van der Waals surface area contributed by atoms with Crippen molar-refractivity contribution in [2.45, 2.75) is 26.8 Å². The van der Waals surface area contributed by atoms with E-state index in [1.165, 1.54) is 0 Å². The van der Waals surface area contributed by atoms with Crippen molar-refractivity contribution in [1.29, 1.82) is 0 Å². The van der Waals surface area contributed by atoms with Gasteiger partial charge in [-0.2, -0.15) is 0 Å². The first kappa shape index (κ1) is 13.1. The van der Waals surface area contributed by atoms with Gasteiger partial charge in [0.25, 0.3) is 0 Å². The number of benzene rings is 1. The number of aromatic nitrogens is 1. The zero-order valence-electron chi connectivity index (χ0n) is 11.2. The summed E-state index contributed by atoms with van der Waals surface area (Å²) in [6, 6.07) is 4.20. The van der Waals surface area contributed by atoms with Crippen LogP contribution in [0.3, 0.4) is 0 Å². The van der Waals surface area contributed by atoms with Crippen LogP contribution in [0.4, 0.5) is 0 Å². The smallest absolute Gasteiger partial charge is 0.124 e. The number of rotatable bonds is 3. The van der Waals surface area contributed by atoms with Crippen LogP contribution in [0.5, 0.6) is 5.75 Å². The zero-order chi connectivity index (χ0) is 13.3. The molecular weight excluding hydrogens is 244 g/mol. The van der Waals surface area contributed by atoms with Crippen molar-refractivity contribution in [3.63, 3.8) is 0 Å². The Bertz CT molecular complexity index is 538. The van der Waals surface area contributed by atoms with Crippen molar-refractivity contribution in [2.75, 3.05) is 7.11 Å². The summed E-state index contributed by atoms with van der Waals surface area (Å²) >= 11 is 1.63. The molecule has 1 unspecified atom stereocenters. The van der Waals surface area contributed by atoms with Gasteiger partial charge in [-0.15, -0.1) is 11.3 Å². The highest BCUT2D eigenvalue weighted by Crippen LogP contribution is 2.32. The molecule has 0 radical (unpaired) electrons. The Morgan fingerprint density at radius 1 is 1.28 bits per heavy atom. The zero-order valence-corrected chi connectivity index (χ0v) is 12.0. The molecule has 0 aliphatic heterocycles. The number of aryl methyl sites for hydroxylation is 2. The number of ether oxygens (including phenoxy) is 1. The van der Waals surface area contributed by atoms with E-state index >= 15 is 0 Å². The third-order valence-corrected chi connectivity index (χ3v) is 3.81. The number of nitrogens with zero attached hydrogens (tertiary/aromatic N) is 1. The molecule has 0 spiro atoms. The molecule has 1 aromatic heterocycles. The maximum atomic E-state index is 5.83. The Labute approximate surface area is 112 Å². The summed E-state index contributed by atoms with van der Waals surface area (Å²) < 4.78 is 5.37. The fourth-order valence-electron chi connectivity index (χ4n) is 2.02. The van der Waals surface area contributed by atoms with Gasteiger partial charge in [0.15, 0.2) is 0 Å². The molecule has 1 atom stereocenters. The fraction of sp³-hybridized carbons (Fsp3) is 0.357. The normalized spacial score (nSPS) is 12.5. The highest BCUT2D eigenvalue weighted by molar-refractivity contribution is 7.13.